The van der Waals surface area contributed by atoms with Crippen molar-refractivity contribution in [3.05, 3.63) is 76.4 Å². The molecule has 0 aliphatic carbocycles. The standard InChI is InChI=1S/C23H15N7OS/c1-12-25-11-19(32-12)21-20(14-4-5-16-13(9-14)3-2-7-24-16)27-18-10-15(17-6-8-26-30-17)23(31)29-22(18)28-21/h2-11H,1H3,(H,26,30)(H,28,29,31). The molecule has 0 amide bonds. The first kappa shape index (κ1) is 18.5. The van der Waals surface area contributed by atoms with E-state index >= 15 is 0 Å². The normalized spacial score (nSPS) is 11.4. The summed E-state index contributed by atoms with van der Waals surface area (Å²) in [6.07, 6.45) is 5.17. The van der Waals surface area contributed by atoms with Crippen molar-refractivity contribution in [1.82, 2.24) is 35.1 Å². The van der Waals surface area contributed by atoms with E-state index in [-0.39, 0.29) is 5.56 Å². The Hall–Kier alpha value is -4.24. The van der Waals surface area contributed by atoms with Crippen molar-refractivity contribution in [3.63, 3.8) is 0 Å². The van der Waals surface area contributed by atoms with Crippen LogP contribution in [0.25, 0.3) is 55.2 Å². The second-order valence-electron chi connectivity index (χ2n) is 7.29. The number of hydrogen-bond acceptors (Lipinski definition) is 7. The van der Waals surface area contributed by atoms with Crippen LogP contribution in [0.3, 0.4) is 0 Å². The molecule has 0 unspecified atom stereocenters. The van der Waals surface area contributed by atoms with Gasteiger partial charge in [-0.1, -0.05) is 12.1 Å². The van der Waals surface area contributed by atoms with Crippen LogP contribution in [0, 0.1) is 6.92 Å². The van der Waals surface area contributed by atoms with Gasteiger partial charge < -0.3 is 4.98 Å². The molecule has 0 fully saturated rings. The minimum atomic E-state index is -0.257. The SMILES string of the molecule is Cc1ncc(-c2nc3[nH]c(=O)c(-c4ccn[nH]4)cc3nc2-c2ccc3ncccc3c2)s1. The van der Waals surface area contributed by atoms with Crippen LogP contribution in [0.5, 0.6) is 0 Å². The fourth-order valence-electron chi connectivity index (χ4n) is 3.69. The van der Waals surface area contributed by atoms with E-state index in [1.165, 1.54) is 11.3 Å². The smallest absolute Gasteiger partial charge is 0.259 e. The Kier molecular flexibility index (Phi) is 4.15. The minimum Gasteiger partial charge on any atom is -0.305 e. The molecule has 0 aliphatic rings. The van der Waals surface area contributed by atoms with E-state index in [4.69, 9.17) is 9.97 Å². The molecule has 0 aliphatic heterocycles. The highest BCUT2D eigenvalue weighted by molar-refractivity contribution is 7.15. The second kappa shape index (κ2) is 7.17. The van der Waals surface area contributed by atoms with E-state index in [0.717, 1.165) is 32.0 Å². The number of aryl methyl sites for hydroxylation is 1. The fourth-order valence-corrected chi connectivity index (χ4v) is 4.46. The van der Waals surface area contributed by atoms with Crippen LogP contribution in [-0.2, 0) is 0 Å². The van der Waals surface area contributed by atoms with Gasteiger partial charge in [-0.25, -0.2) is 15.0 Å². The zero-order valence-corrected chi connectivity index (χ0v) is 17.6. The third-order valence-electron chi connectivity index (χ3n) is 5.20. The lowest BCUT2D eigenvalue weighted by Gasteiger charge is -2.10. The molecule has 0 spiro atoms. The summed E-state index contributed by atoms with van der Waals surface area (Å²) >= 11 is 1.54. The number of thiazole rings is 1. The van der Waals surface area contributed by atoms with Gasteiger partial charge in [0.15, 0.2) is 5.65 Å². The average Bonchev–Trinajstić information content (AvgIpc) is 3.49. The molecule has 0 saturated heterocycles. The summed E-state index contributed by atoms with van der Waals surface area (Å²) < 4.78 is 0. The van der Waals surface area contributed by atoms with Crippen LogP contribution in [-0.4, -0.2) is 35.1 Å². The number of aromatic amines is 2. The van der Waals surface area contributed by atoms with Gasteiger partial charge in [0, 0.05) is 29.5 Å². The number of nitrogens with zero attached hydrogens (tertiary/aromatic N) is 5. The van der Waals surface area contributed by atoms with Gasteiger partial charge in [0.05, 0.1) is 32.4 Å². The van der Waals surface area contributed by atoms with Crippen LogP contribution in [0.2, 0.25) is 0 Å². The monoisotopic (exact) mass is 437 g/mol. The number of hydrogen-bond donors (Lipinski definition) is 2. The molecule has 9 heteroatoms. The second-order valence-corrected chi connectivity index (χ2v) is 8.53. The number of nitrogens with one attached hydrogen (secondary N) is 2. The molecule has 0 bridgehead atoms. The third-order valence-corrected chi connectivity index (χ3v) is 6.12. The maximum Gasteiger partial charge on any atom is 0.259 e. The predicted molar refractivity (Wildman–Crippen MR) is 124 cm³/mol. The highest BCUT2D eigenvalue weighted by Gasteiger charge is 2.18. The highest BCUT2D eigenvalue weighted by Crippen LogP contribution is 2.34. The molecular formula is C23H15N7OS. The maximum atomic E-state index is 12.7. The van der Waals surface area contributed by atoms with E-state index in [9.17, 15) is 4.79 Å². The predicted octanol–water partition coefficient (Wildman–Crippen LogP) is 4.36. The minimum absolute atomic E-state index is 0.257. The summed E-state index contributed by atoms with van der Waals surface area (Å²) in [4.78, 5) is 35.0. The molecule has 1 aromatic carbocycles. The van der Waals surface area contributed by atoms with Gasteiger partial charge in [0.1, 0.15) is 11.2 Å². The Balaban J connectivity index is 1.64. The first-order valence-electron chi connectivity index (χ1n) is 9.88. The van der Waals surface area contributed by atoms with Crippen LogP contribution in [0.4, 0.5) is 0 Å². The lowest BCUT2D eigenvalue weighted by molar-refractivity contribution is 1.09. The van der Waals surface area contributed by atoms with Crippen LogP contribution in [0.15, 0.2) is 65.8 Å². The first-order valence-corrected chi connectivity index (χ1v) is 10.7. The topological polar surface area (TPSA) is 113 Å². The third kappa shape index (κ3) is 3.07. The Labute approximate surface area is 185 Å². The molecule has 5 heterocycles. The molecule has 0 radical (unpaired) electrons. The Morgan fingerprint density at radius 1 is 0.938 bits per heavy atom. The summed E-state index contributed by atoms with van der Waals surface area (Å²) in [5, 5.41) is 8.72. The first-order chi connectivity index (χ1) is 15.7. The lowest BCUT2D eigenvalue weighted by Crippen LogP contribution is -2.11. The summed E-state index contributed by atoms with van der Waals surface area (Å²) in [5.74, 6) is 0. The molecule has 6 rings (SSSR count). The van der Waals surface area contributed by atoms with Crippen molar-refractivity contribution in [2.45, 2.75) is 6.92 Å². The van der Waals surface area contributed by atoms with Crippen LogP contribution >= 0.6 is 11.3 Å². The van der Waals surface area contributed by atoms with Gasteiger partial charge in [0.25, 0.3) is 5.56 Å². The number of rotatable bonds is 3. The molecule has 2 N–H and O–H groups in total. The molecule has 32 heavy (non-hydrogen) atoms. The van der Waals surface area contributed by atoms with E-state index in [1.54, 1.807) is 30.7 Å². The highest BCUT2D eigenvalue weighted by atomic mass is 32.1. The van der Waals surface area contributed by atoms with E-state index in [1.807, 2.05) is 31.2 Å². The van der Waals surface area contributed by atoms with Gasteiger partial charge in [-0.3, -0.25) is 14.9 Å². The molecule has 5 aromatic heterocycles. The van der Waals surface area contributed by atoms with Crippen molar-refractivity contribution >= 4 is 33.4 Å². The molecule has 8 nitrogen and oxygen atoms in total. The van der Waals surface area contributed by atoms with Gasteiger partial charge in [-0.2, -0.15) is 5.10 Å². The zero-order chi connectivity index (χ0) is 21.7. The molecule has 0 saturated carbocycles. The van der Waals surface area contributed by atoms with Crippen molar-refractivity contribution in [2.24, 2.45) is 0 Å². The average molecular weight is 437 g/mol. The van der Waals surface area contributed by atoms with Gasteiger partial charge in [0.2, 0.25) is 0 Å². The summed E-state index contributed by atoms with van der Waals surface area (Å²) in [6, 6.07) is 13.4. The van der Waals surface area contributed by atoms with Crippen molar-refractivity contribution in [3.8, 4) is 33.1 Å². The Morgan fingerprint density at radius 3 is 2.69 bits per heavy atom. The lowest BCUT2D eigenvalue weighted by atomic mass is 10.1. The van der Waals surface area contributed by atoms with Crippen LogP contribution in [0.1, 0.15) is 5.01 Å². The summed E-state index contributed by atoms with van der Waals surface area (Å²) in [6.45, 7) is 1.95. The maximum absolute atomic E-state index is 12.7. The van der Waals surface area contributed by atoms with E-state index in [2.05, 4.69) is 31.2 Å². The van der Waals surface area contributed by atoms with Gasteiger partial charge >= 0.3 is 0 Å². The van der Waals surface area contributed by atoms with Crippen molar-refractivity contribution in [1.29, 1.82) is 0 Å². The number of fused-ring (bicyclic) bond motifs is 2. The van der Waals surface area contributed by atoms with E-state index < -0.39 is 0 Å². The molecule has 0 atom stereocenters. The Morgan fingerprint density at radius 2 is 1.88 bits per heavy atom. The summed E-state index contributed by atoms with van der Waals surface area (Å²) in [5.41, 5.74) is 5.04. The fraction of sp³-hybridized carbons (Fsp3) is 0.0435. The number of H-pyrrole nitrogens is 2. The number of aromatic nitrogens is 7. The molecular weight excluding hydrogens is 422 g/mol. The quantitative estimate of drug-likeness (QED) is 0.425. The van der Waals surface area contributed by atoms with Crippen LogP contribution < -0.4 is 5.56 Å². The van der Waals surface area contributed by atoms with Crippen molar-refractivity contribution < 1.29 is 0 Å². The Bertz CT molecular complexity index is 1670. The largest absolute Gasteiger partial charge is 0.305 e. The number of benzene rings is 1. The van der Waals surface area contributed by atoms with Crippen molar-refractivity contribution in [2.75, 3.05) is 0 Å². The molecule has 6 aromatic rings. The van der Waals surface area contributed by atoms with E-state index in [0.29, 0.717) is 28.1 Å². The molecule has 154 valence electrons. The van der Waals surface area contributed by atoms with Gasteiger partial charge in [-0.15, -0.1) is 11.3 Å². The zero-order valence-electron chi connectivity index (χ0n) is 16.8. The summed E-state index contributed by atoms with van der Waals surface area (Å²) in [7, 11) is 0. The van der Waals surface area contributed by atoms with Gasteiger partial charge in [-0.05, 0) is 37.3 Å². The number of pyridine rings is 2.